The highest BCUT2D eigenvalue weighted by Gasteiger charge is 2.54. The number of aryl methyl sites for hydroxylation is 1. The summed E-state index contributed by atoms with van der Waals surface area (Å²) in [5.74, 6) is -0.0857. The van der Waals surface area contributed by atoms with E-state index in [-0.39, 0.29) is 49.1 Å². The van der Waals surface area contributed by atoms with E-state index in [1.54, 1.807) is 9.80 Å². The fourth-order valence-corrected chi connectivity index (χ4v) is 4.64. The van der Waals surface area contributed by atoms with Crippen molar-refractivity contribution in [2.24, 2.45) is 0 Å². The first-order valence-corrected chi connectivity index (χ1v) is 10.5. The first kappa shape index (κ1) is 20.4. The van der Waals surface area contributed by atoms with Gasteiger partial charge in [-0.1, -0.05) is 54.1 Å². The smallest absolute Gasteiger partial charge is 0.318 e. The van der Waals surface area contributed by atoms with Crippen LogP contribution in [0.2, 0.25) is 0 Å². The van der Waals surface area contributed by atoms with E-state index in [2.05, 4.69) is 60.8 Å². The summed E-state index contributed by atoms with van der Waals surface area (Å²) < 4.78 is 0. The molecular formula is C24H29N3O3. The second-order valence-electron chi connectivity index (χ2n) is 8.62. The highest BCUT2D eigenvalue weighted by Crippen LogP contribution is 2.43. The molecule has 158 valence electrons. The minimum Gasteiger partial charge on any atom is -0.394 e. The number of hydrogen-bond donors (Lipinski definition) is 2. The molecule has 2 saturated heterocycles. The van der Waals surface area contributed by atoms with Crippen molar-refractivity contribution in [3.8, 4) is 11.1 Å². The normalized spacial score (nSPS) is 23.2. The van der Waals surface area contributed by atoms with E-state index in [1.807, 2.05) is 13.8 Å². The van der Waals surface area contributed by atoms with Crippen LogP contribution in [0.3, 0.4) is 0 Å². The molecule has 2 N–H and O–H groups in total. The van der Waals surface area contributed by atoms with Crippen LogP contribution >= 0.6 is 0 Å². The van der Waals surface area contributed by atoms with E-state index in [0.717, 1.165) is 16.7 Å². The summed E-state index contributed by atoms with van der Waals surface area (Å²) in [6.07, 6.45) is 0. The summed E-state index contributed by atoms with van der Waals surface area (Å²) in [7, 11) is 0. The number of amides is 3. The maximum Gasteiger partial charge on any atom is 0.318 e. The van der Waals surface area contributed by atoms with Crippen molar-refractivity contribution in [2.75, 3.05) is 19.7 Å². The second kappa shape index (κ2) is 8.11. The van der Waals surface area contributed by atoms with Crippen molar-refractivity contribution < 1.29 is 14.7 Å². The van der Waals surface area contributed by atoms with Crippen LogP contribution in [0.1, 0.15) is 30.9 Å². The molecule has 3 atom stereocenters. The van der Waals surface area contributed by atoms with Crippen LogP contribution in [-0.4, -0.2) is 64.7 Å². The Kier molecular flexibility index (Phi) is 5.52. The molecule has 3 amide bonds. The van der Waals surface area contributed by atoms with Gasteiger partial charge < -0.3 is 20.2 Å². The second-order valence-corrected chi connectivity index (χ2v) is 8.62. The number of rotatable bonds is 4. The molecule has 2 fully saturated rings. The predicted molar refractivity (Wildman–Crippen MR) is 116 cm³/mol. The van der Waals surface area contributed by atoms with E-state index in [4.69, 9.17) is 0 Å². The quantitative estimate of drug-likeness (QED) is 0.819. The Hall–Kier alpha value is -2.86. The topological polar surface area (TPSA) is 72.9 Å². The van der Waals surface area contributed by atoms with Crippen molar-refractivity contribution >= 4 is 11.9 Å². The van der Waals surface area contributed by atoms with Gasteiger partial charge in [0.05, 0.1) is 18.7 Å². The number of carbonyl (C=O) groups is 2. The van der Waals surface area contributed by atoms with Gasteiger partial charge in [0.15, 0.2) is 0 Å². The van der Waals surface area contributed by atoms with Gasteiger partial charge in [-0.2, -0.15) is 0 Å². The number of fused-ring (bicyclic) bond motifs is 1. The largest absolute Gasteiger partial charge is 0.394 e. The molecule has 0 aromatic heterocycles. The van der Waals surface area contributed by atoms with Gasteiger partial charge in [0.25, 0.3) is 0 Å². The molecule has 0 radical (unpaired) electrons. The van der Waals surface area contributed by atoms with E-state index >= 15 is 0 Å². The van der Waals surface area contributed by atoms with E-state index in [9.17, 15) is 14.7 Å². The van der Waals surface area contributed by atoms with Gasteiger partial charge in [0.2, 0.25) is 5.91 Å². The first-order valence-electron chi connectivity index (χ1n) is 10.5. The molecule has 2 aromatic rings. The van der Waals surface area contributed by atoms with Gasteiger partial charge in [0.1, 0.15) is 6.54 Å². The molecule has 2 heterocycles. The standard InChI is InChI=1S/C24H29N3O3/c1-15(2)25-24(30)26-12-20-23(21(14-28)27(20)22(29)13-26)19-10-8-18(9-11-19)17-6-4-16(3)5-7-17/h4-11,15,20-21,23,28H,12-14H2,1-3H3,(H,25,30)/t20-,21-,23+/m1/s1. The lowest BCUT2D eigenvalue weighted by Gasteiger charge is -2.58. The van der Waals surface area contributed by atoms with Gasteiger partial charge in [-0.25, -0.2) is 4.79 Å². The number of aliphatic hydroxyl groups is 1. The number of benzene rings is 2. The Labute approximate surface area is 177 Å². The zero-order chi connectivity index (χ0) is 21.4. The van der Waals surface area contributed by atoms with Gasteiger partial charge >= 0.3 is 6.03 Å². The average molecular weight is 408 g/mol. The lowest BCUT2D eigenvalue weighted by molar-refractivity contribution is -0.159. The summed E-state index contributed by atoms with van der Waals surface area (Å²) >= 11 is 0. The van der Waals surface area contributed by atoms with Crippen LogP contribution in [0.15, 0.2) is 48.5 Å². The van der Waals surface area contributed by atoms with Crippen molar-refractivity contribution in [2.45, 2.75) is 44.8 Å². The number of carbonyl (C=O) groups excluding carboxylic acids is 2. The zero-order valence-electron chi connectivity index (χ0n) is 17.7. The highest BCUT2D eigenvalue weighted by molar-refractivity contribution is 5.87. The minimum atomic E-state index is -0.233. The number of nitrogens with zero attached hydrogens (tertiary/aromatic N) is 2. The fraction of sp³-hybridized carbons (Fsp3) is 0.417. The van der Waals surface area contributed by atoms with Crippen LogP contribution in [0.5, 0.6) is 0 Å². The summed E-state index contributed by atoms with van der Waals surface area (Å²) in [6.45, 7) is 6.33. The Morgan fingerprint density at radius 1 is 1.10 bits per heavy atom. The van der Waals surface area contributed by atoms with Crippen molar-refractivity contribution in [1.29, 1.82) is 0 Å². The van der Waals surface area contributed by atoms with Crippen LogP contribution in [0, 0.1) is 6.92 Å². The maximum absolute atomic E-state index is 12.7. The molecule has 6 heteroatoms. The number of urea groups is 1. The van der Waals surface area contributed by atoms with Gasteiger partial charge in [0, 0.05) is 18.5 Å². The molecule has 0 aliphatic carbocycles. The van der Waals surface area contributed by atoms with Gasteiger partial charge in [-0.05, 0) is 37.5 Å². The maximum atomic E-state index is 12.7. The molecule has 0 unspecified atom stereocenters. The van der Waals surface area contributed by atoms with Crippen LogP contribution in [-0.2, 0) is 4.79 Å². The number of hydrogen-bond acceptors (Lipinski definition) is 3. The Balaban J connectivity index is 1.54. The van der Waals surface area contributed by atoms with Crippen LogP contribution in [0.25, 0.3) is 11.1 Å². The number of piperazine rings is 1. The third-order valence-electron chi connectivity index (χ3n) is 6.13. The third kappa shape index (κ3) is 3.67. The van der Waals surface area contributed by atoms with Gasteiger partial charge in [-0.15, -0.1) is 0 Å². The minimum absolute atomic E-state index is 0.0145. The molecule has 0 spiro atoms. The molecular weight excluding hydrogens is 378 g/mol. The highest BCUT2D eigenvalue weighted by atomic mass is 16.3. The van der Waals surface area contributed by atoms with Crippen LogP contribution in [0.4, 0.5) is 4.79 Å². The fourth-order valence-electron chi connectivity index (χ4n) is 4.64. The lowest BCUT2D eigenvalue weighted by Crippen LogP contribution is -2.74. The summed E-state index contributed by atoms with van der Waals surface area (Å²) in [6, 6.07) is 16.2. The van der Waals surface area contributed by atoms with E-state index in [0.29, 0.717) is 6.54 Å². The molecule has 0 saturated carbocycles. The monoisotopic (exact) mass is 407 g/mol. The van der Waals surface area contributed by atoms with Crippen LogP contribution < -0.4 is 5.32 Å². The van der Waals surface area contributed by atoms with Gasteiger partial charge in [-0.3, -0.25) is 4.79 Å². The third-order valence-corrected chi connectivity index (χ3v) is 6.13. The molecule has 6 nitrogen and oxygen atoms in total. The van der Waals surface area contributed by atoms with Crippen molar-refractivity contribution in [1.82, 2.24) is 15.1 Å². The van der Waals surface area contributed by atoms with E-state index < -0.39 is 0 Å². The molecule has 4 rings (SSSR count). The Bertz CT molecular complexity index is 924. The summed E-state index contributed by atoms with van der Waals surface area (Å²) in [5, 5.41) is 12.8. The average Bonchev–Trinajstić information content (AvgIpc) is 2.70. The molecule has 2 aliphatic rings. The SMILES string of the molecule is Cc1ccc(-c2ccc([C@@H]3[C@@H](CO)N4C(=O)CN(C(=O)NC(C)C)C[C@H]34)cc2)cc1. The summed E-state index contributed by atoms with van der Waals surface area (Å²) in [4.78, 5) is 28.5. The summed E-state index contributed by atoms with van der Waals surface area (Å²) in [5.41, 5.74) is 4.60. The van der Waals surface area contributed by atoms with E-state index in [1.165, 1.54) is 5.56 Å². The molecule has 0 bridgehead atoms. The Morgan fingerprint density at radius 2 is 1.70 bits per heavy atom. The molecule has 2 aliphatic heterocycles. The zero-order valence-corrected chi connectivity index (χ0v) is 17.7. The Morgan fingerprint density at radius 3 is 2.27 bits per heavy atom. The number of aliphatic hydroxyl groups excluding tert-OH is 1. The lowest BCUT2D eigenvalue weighted by atomic mass is 9.73. The molecule has 30 heavy (non-hydrogen) atoms. The first-order chi connectivity index (χ1) is 14.4. The van der Waals surface area contributed by atoms with Crippen molar-refractivity contribution in [3.63, 3.8) is 0 Å². The van der Waals surface area contributed by atoms with Crippen molar-refractivity contribution in [3.05, 3.63) is 59.7 Å². The number of nitrogens with one attached hydrogen (secondary N) is 1. The predicted octanol–water partition coefficient (Wildman–Crippen LogP) is 2.75. The molecule has 2 aromatic carbocycles.